The van der Waals surface area contributed by atoms with E-state index in [1.165, 1.54) is 25.7 Å². The SMILES string of the molecule is CC(CCCBr)NC(=O)C1CCCCCC1. The summed E-state index contributed by atoms with van der Waals surface area (Å²) in [6, 6.07) is 0.327. The van der Waals surface area contributed by atoms with Gasteiger partial charge in [0, 0.05) is 17.3 Å². The fraction of sp³-hybridized carbons (Fsp3) is 0.923. The van der Waals surface area contributed by atoms with Gasteiger partial charge in [-0.1, -0.05) is 41.6 Å². The van der Waals surface area contributed by atoms with E-state index in [1.807, 2.05) is 0 Å². The number of hydrogen-bond donors (Lipinski definition) is 1. The number of halogens is 1. The van der Waals surface area contributed by atoms with Gasteiger partial charge in [-0.15, -0.1) is 0 Å². The Kier molecular flexibility index (Phi) is 7.10. The summed E-state index contributed by atoms with van der Waals surface area (Å²) in [6.07, 6.45) is 9.47. The van der Waals surface area contributed by atoms with Crippen molar-refractivity contribution in [2.24, 2.45) is 5.92 Å². The van der Waals surface area contributed by atoms with Crippen molar-refractivity contribution in [1.29, 1.82) is 0 Å². The first-order valence-electron chi connectivity index (χ1n) is 6.60. The van der Waals surface area contributed by atoms with Crippen LogP contribution in [0.2, 0.25) is 0 Å². The van der Waals surface area contributed by atoms with Crippen LogP contribution >= 0.6 is 15.9 Å². The second-order valence-corrected chi connectivity index (χ2v) is 5.72. The first kappa shape index (κ1) is 14.0. The van der Waals surface area contributed by atoms with Crippen molar-refractivity contribution < 1.29 is 4.79 Å². The maximum atomic E-state index is 12.0. The molecule has 1 unspecified atom stereocenters. The summed E-state index contributed by atoms with van der Waals surface area (Å²) >= 11 is 3.42. The summed E-state index contributed by atoms with van der Waals surface area (Å²) in [5.74, 6) is 0.581. The van der Waals surface area contributed by atoms with Gasteiger partial charge in [-0.25, -0.2) is 0 Å². The van der Waals surface area contributed by atoms with Gasteiger partial charge in [0.25, 0.3) is 0 Å². The van der Waals surface area contributed by atoms with E-state index in [2.05, 4.69) is 28.2 Å². The molecule has 1 atom stereocenters. The highest BCUT2D eigenvalue weighted by Gasteiger charge is 2.20. The van der Waals surface area contributed by atoms with Crippen molar-refractivity contribution >= 4 is 21.8 Å². The first-order valence-corrected chi connectivity index (χ1v) is 7.72. The van der Waals surface area contributed by atoms with E-state index in [0.29, 0.717) is 11.9 Å². The van der Waals surface area contributed by atoms with Crippen molar-refractivity contribution in [2.75, 3.05) is 5.33 Å². The zero-order valence-corrected chi connectivity index (χ0v) is 11.9. The minimum atomic E-state index is 0.286. The molecular weight excluding hydrogens is 266 g/mol. The van der Waals surface area contributed by atoms with E-state index in [4.69, 9.17) is 0 Å². The van der Waals surface area contributed by atoms with Crippen molar-refractivity contribution in [3.63, 3.8) is 0 Å². The van der Waals surface area contributed by atoms with Crippen LogP contribution in [0.1, 0.15) is 58.3 Å². The highest BCUT2D eigenvalue weighted by atomic mass is 79.9. The van der Waals surface area contributed by atoms with Gasteiger partial charge >= 0.3 is 0 Å². The highest BCUT2D eigenvalue weighted by molar-refractivity contribution is 9.09. The lowest BCUT2D eigenvalue weighted by Crippen LogP contribution is -2.37. The van der Waals surface area contributed by atoms with Crippen LogP contribution in [-0.4, -0.2) is 17.3 Å². The zero-order chi connectivity index (χ0) is 11.8. The molecule has 0 aliphatic heterocycles. The van der Waals surface area contributed by atoms with Crippen LogP contribution in [-0.2, 0) is 4.79 Å². The quantitative estimate of drug-likeness (QED) is 0.608. The Balaban J connectivity index is 2.26. The average molecular weight is 290 g/mol. The summed E-state index contributed by atoms with van der Waals surface area (Å²) in [5, 5.41) is 4.18. The molecule has 0 aromatic heterocycles. The molecule has 0 bridgehead atoms. The monoisotopic (exact) mass is 289 g/mol. The minimum Gasteiger partial charge on any atom is -0.353 e. The Hall–Kier alpha value is -0.0500. The number of carbonyl (C=O) groups excluding carboxylic acids is 1. The predicted molar refractivity (Wildman–Crippen MR) is 71.8 cm³/mol. The maximum absolute atomic E-state index is 12.0. The van der Waals surface area contributed by atoms with E-state index in [1.54, 1.807) is 0 Å². The summed E-state index contributed by atoms with van der Waals surface area (Å²) in [4.78, 5) is 12.0. The molecule has 1 amide bonds. The van der Waals surface area contributed by atoms with Crippen LogP contribution in [0.5, 0.6) is 0 Å². The molecule has 1 N–H and O–H groups in total. The molecule has 16 heavy (non-hydrogen) atoms. The number of carbonyl (C=O) groups is 1. The van der Waals surface area contributed by atoms with Gasteiger partial charge in [0.1, 0.15) is 0 Å². The second kappa shape index (κ2) is 8.10. The van der Waals surface area contributed by atoms with Gasteiger partial charge in [-0.05, 0) is 32.6 Å². The number of amides is 1. The lowest BCUT2D eigenvalue weighted by Gasteiger charge is -2.18. The topological polar surface area (TPSA) is 29.1 Å². The maximum Gasteiger partial charge on any atom is 0.223 e. The minimum absolute atomic E-state index is 0.286. The lowest BCUT2D eigenvalue weighted by atomic mass is 9.99. The van der Waals surface area contributed by atoms with E-state index >= 15 is 0 Å². The van der Waals surface area contributed by atoms with E-state index in [-0.39, 0.29) is 5.92 Å². The molecule has 0 aromatic carbocycles. The molecule has 1 saturated carbocycles. The Morgan fingerprint density at radius 1 is 1.31 bits per heavy atom. The van der Waals surface area contributed by atoms with Crippen molar-refractivity contribution in [1.82, 2.24) is 5.32 Å². The standard InChI is InChI=1S/C13H24BrNO/c1-11(7-6-10-14)15-13(16)12-8-4-2-3-5-9-12/h11-12H,2-10H2,1H3,(H,15,16). The number of alkyl halides is 1. The number of rotatable bonds is 5. The van der Waals surface area contributed by atoms with Gasteiger partial charge in [0.2, 0.25) is 5.91 Å². The molecule has 1 rings (SSSR count). The van der Waals surface area contributed by atoms with Crippen LogP contribution < -0.4 is 5.32 Å². The van der Waals surface area contributed by atoms with Crippen LogP contribution in [0.15, 0.2) is 0 Å². The fourth-order valence-corrected chi connectivity index (χ4v) is 2.68. The van der Waals surface area contributed by atoms with Crippen molar-refractivity contribution in [3.8, 4) is 0 Å². The smallest absolute Gasteiger partial charge is 0.223 e. The molecule has 0 aromatic rings. The molecule has 0 heterocycles. The highest BCUT2D eigenvalue weighted by Crippen LogP contribution is 2.23. The van der Waals surface area contributed by atoms with Crippen LogP contribution in [0.4, 0.5) is 0 Å². The van der Waals surface area contributed by atoms with Gasteiger partial charge in [0.15, 0.2) is 0 Å². The van der Waals surface area contributed by atoms with Crippen LogP contribution in [0, 0.1) is 5.92 Å². The summed E-state index contributed by atoms with van der Waals surface area (Å²) in [6.45, 7) is 2.11. The first-order chi connectivity index (χ1) is 7.74. The summed E-state index contributed by atoms with van der Waals surface area (Å²) in [7, 11) is 0. The summed E-state index contributed by atoms with van der Waals surface area (Å²) in [5.41, 5.74) is 0. The molecule has 1 aliphatic rings. The molecule has 3 heteroatoms. The normalized spacial score (nSPS) is 20.1. The van der Waals surface area contributed by atoms with Crippen molar-refractivity contribution in [2.45, 2.75) is 64.3 Å². The zero-order valence-electron chi connectivity index (χ0n) is 10.3. The molecule has 2 nitrogen and oxygen atoms in total. The number of nitrogens with one attached hydrogen (secondary N) is 1. The Bertz CT molecular complexity index is 200. The van der Waals surface area contributed by atoms with Gasteiger partial charge in [-0.2, -0.15) is 0 Å². The van der Waals surface area contributed by atoms with E-state index < -0.39 is 0 Å². The Morgan fingerprint density at radius 2 is 1.94 bits per heavy atom. The molecule has 94 valence electrons. The Labute approximate surface area is 108 Å². The third kappa shape index (κ3) is 5.33. The molecule has 0 radical (unpaired) electrons. The lowest BCUT2D eigenvalue weighted by molar-refractivity contribution is -0.126. The molecule has 0 saturated heterocycles. The van der Waals surface area contributed by atoms with Crippen molar-refractivity contribution in [3.05, 3.63) is 0 Å². The third-order valence-electron chi connectivity index (χ3n) is 3.39. The third-order valence-corrected chi connectivity index (χ3v) is 3.95. The average Bonchev–Trinajstić information content (AvgIpc) is 2.54. The van der Waals surface area contributed by atoms with Crippen LogP contribution in [0.3, 0.4) is 0 Å². The molecule has 0 spiro atoms. The largest absolute Gasteiger partial charge is 0.353 e. The van der Waals surface area contributed by atoms with E-state index in [9.17, 15) is 4.79 Å². The molecular formula is C13H24BrNO. The van der Waals surface area contributed by atoms with Gasteiger partial charge < -0.3 is 5.32 Å². The van der Waals surface area contributed by atoms with Crippen LogP contribution in [0.25, 0.3) is 0 Å². The fourth-order valence-electron chi connectivity index (χ4n) is 2.36. The predicted octanol–water partition coefficient (Wildman–Crippen LogP) is 3.64. The van der Waals surface area contributed by atoms with Gasteiger partial charge in [-0.3, -0.25) is 4.79 Å². The Morgan fingerprint density at radius 3 is 2.50 bits per heavy atom. The second-order valence-electron chi connectivity index (χ2n) is 4.93. The summed E-state index contributed by atoms with van der Waals surface area (Å²) < 4.78 is 0. The molecule has 1 aliphatic carbocycles. The van der Waals surface area contributed by atoms with Gasteiger partial charge in [0.05, 0.1) is 0 Å². The number of hydrogen-bond acceptors (Lipinski definition) is 1. The van der Waals surface area contributed by atoms with E-state index in [0.717, 1.165) is 31.0 Å². The molecule has 1 fully saturated rings.